The second kappa shape index (κ2) is 9.46. The number of rotatable bonds is 9. The van der Waals surface area contributed by atoms with Crippen LogP contribution in [0.15, 0.2) is 57.9 Å². The minimum Gasteiger partial charge on any atom is -0.490 e. The van der Waals surface area contributed by atoms with Crippen LogP contribution in [0.5, 0.6) is 23.0 Å². The first-order valence-electron chi connectivity index (χ1n) is 9.04. The lowest BCUT2D eigenvalue weighted by Gasteiger charge is -2.11. The van der Waals surface area contributed by atoms with Gasteiger partial charge in [-0.05, 0) is 31.2 Å². The third-order valence-electron chi connectivity index (χ3n) is 3.89. The molecule has 0 fully saturated rings. The highest BCUT2D eigenvalue weighted by molar-refractivity contribution is 5.82. The van der Waals surface area contributed by atoms with Gasteiger partial charge in [0.25, 0.3) is 5.91 Å². The molecule has 3 aromatic rings. The van der Waals surface area contributed by atoms with Gasteiger partial charge in [0.1, 0.15) is 24.1 Å². The number of carbonyl (C=O) groups is 2. The number of carboxylic acids is 1. The minimum absolute atomic E-state index is 0.00336. The summed E-state index contributed by atoms with van der Waals surface area (Å²) in [6.45, 7) is 1.42. The van der Waals surface area contributed by atoms with E-state index in [1.165, 1.54) is 24.5 Å². The van der Waals surface area contributed by atoms with Crippen molar-refractivity contribution in [3.05, 3.63) is 59.0 Å². The van der Waals surface area contributed by atoms with Crippen LogP contribution in [0, 0.1) is 0 Å². The van der Waals surface area contributed by atoms with Crippen molar-refractivity contribution in [2.24, 2.45) is 0 Å². The third kappa shape index (κ3) is 5.07. The normalized spacial score (nSPS) is 10.4. The summed E-state index contributed by atoms with van der Waals surface area (Å²) in [7, 11) is 0. The lowest BCUT2D eigenvalue weighted by atomic mass is 10.2. The van der Waals surface area contributed by atoms with Crippen molar-refractivity contribution in [2.45, 2.75) is 6.92 Å². The monoisotopic (exact) mass is 413 g/mol. The van der Waals surface area contributed by atoms with Crippen molar-refractivity contribution < 1.29 is 33.3 Å². The molecule has 0 aliphatic carbocycles. The van der Waals surface area contributed by atoms with Crippen molar-refractivity contribution in [3.8, 4) is 23.0 Å². The second-order valence-corrected chi connectivity index (χ2v) is 6.03. The molecule has 0 aliphatic heterocycles. The summed E-state index contributed by atoms with van der Waals surface area (Å²) in [5.74, 6) is -0.570. The fraction of sp³-hybridized carbons (Fsp3) is 0.190. The summed E-state index contributed by atoms with van der Waals surface area (Å²) in [5, 5.41) is 11.0. The van der Waals surface area contributed by atoms with Crippen molar-refractivity contribution in [1.82, 2.24) is 5.32 Å². The number of hydrogen-bond acceptors (Lipinski definition) is 7. The Hall–Kier alpha value is -4.01. The zero-order chi connectivity index (χ0) is 21.5. The molecule has 2 N–H and O–H groups in total. The molecule has 1 amide bonds. The van der Waals surface area contributed by atoms with Gasteiger partial charge in [0.15, 0.2) is 18.1 Å². The highest BCUT2D eigenvalue weighted by Crippen LogP contribution is 2.31. The van der Waals surface area contributed by atoms with Crippen LogP contribution in [0.3, 0.4) is 0 Å². The van der Waals surface area contributed by atoms with Crippen molar-refractivity contribution in [3.63, 3.8) is 0 Å². The molecule has 156 valence electrons. The van der Waals surface area contributed by atoms with Gasteiger partial charge in [0.05, 0.1) is 12.0 Å². The number of carboxylic acid groups (broad SMARTS) is 1. The number of carbonyl (C=O) groups excluding carboxylic acids is 1. The highest BCUT2D eigenvalue weighted by Gasteiger charge is 2.13. The summed E-state index contributed by atoms with van der Waals surface area (Å²) in [6, 6.07) is 11.4. The summed E-state index contributed by atoms with van der Waals surface area (Å²) >= 11 is 0. The average Bonchev–Trinajstić information content (AvgIpc) is 2.74. The molecular formula is C21H19NO8. The van der Waals surface area contributed by atoms with Gasteiger partial charge in [0.2, 0.25) is 11.2 Å². The Morgan fingerprint density at radius 1 is 1.07 bits per heavy atom. The SMILES string of the molecule is CCOc1ccccc1Oc1coc2cc(OCC(=O)NCC(=O)O)ccc2c1=O. The predicted octanol–water partition coefficient (Wildman–Crippen LogP) is 2.56. The van der Waals surface area contributed by atoms with Crippen LogP contribution < -0.4 is 25.0 Å². The number of benzene rings is 2. The summed E-state index contributed by atoms with van der Waals surface area (Å²) < 4.78 is 22.0. The van der Waals surface area contributed by atoms with Gasteiger partial charge < -0.3 is 29.1 Å². The standard InChI is InChI=1S/C21H19NO8/c1-2-27-15-5-3-4-6-16(15)30-18-11-29-17-9-13(7-8-14(17)21(18)26)28-12-19(23)22-10-20(24)25/h3-9,11H,2,10,12H2,1H3,(H,22,23)(H,24,25). The fourth-order valence-electron chi connectivity index (χ4n) is 2.55. The maximum Gasteiger partial charge on any atom is 0.322 e. The van der Waals surface area contributed by atoms with E-state index in [1.54, 1.807) is 24.3 Å². The zero-order valence-corrected chi connectivity index (χ0v) is 16.0. The second-order valence-electron chi connectivity index (χ2n) is 6.03. The number of para-hydroxylation sites is 2. The zero-order valence-electron chi connectivity index (χ0n) is 16.0. The van der Waals surface area contributed by atoms with E-state index < -0.39 is 18.4 Å². The quantitative estimate of drug-likeness (QED) is 0.548. The average molecular weight is 413 g/mol. The molecule has 0 saturated heterocycles. The molecule has 0 atom stereocenters. The molecule has 0 aliphatic rings. The third-order valence-corrected chi connectivity index (χ3v) is 3.89. The highest BCUT2D eigenvalue weighted by atomic mass is 16.5. The first-order valence-corrected chi connectivity index (χ1v) is 9.04. The molecule has 30 heavy (non-hydrogen) atoms. The summed E-state index contributed by atoms with van der Waals surface area (Å²) in [4.78, 5) is 34.7. The van der Waals surface area contributed by atoms with Crippen molar-refractivity contribution >= 4 is 22.8 Å². The summed E-state index contributed by atoms with van der Waals surface area (Å²) in [5.41, 5.74) is -0.137. The number of amides is 1. The van der Waals surface area contributed by atoms with Gasteiger partial charge >= 0.3 is 5.97 Å². The molecule has 9 nitrogen and oxygen atoms in total. The smallest absolute Gasteiger partial charge is 0.322 e. The number of nitrogens with one attached hydrogen (secondary N) is 1. The summed E-state index contributed by atoms with van der Waals surface area (Å²) in [6.07, 6.45) is 1.19. The minimum atomic E-state index is -1.15. The first kappa shape index (κ1) is 20.7. The lowest BCUT2D eigenvalue weighted by Crippen LogP contribution is -2.33. The Morgan fingerprint density at radius 3 is 2.57 bits per heavy atom. The topological polar surface area (TPSA) is 124 Å². The van der Waals surface area contributed by atoms with Crippen LogP contribution in [0.1, 0.15) is 6.92 Å². The van der Waals surface area contributed by atoms with Crippen LogP contribution >= 0.6 is 0 Å². The molecule has 3 rings (SSSR count). The van der Waals surface area contributed by atoms with Crippen LogP contribution in [0.25, 0.3) is 11.0 Å². The van der Waals surface area contributed by atoms with E-state index in [9.17, 15) is 14.4 Å². The van der Waals surface area contributed by atoms with E-state index in [0.29, 0.717) is 18.1 Å². The van der Waals surface area contributed by atoms with Crippen molar-refractivity contribution in [2.75, 3.05) is 19.8 Å². The molecule has 0 spiro atoms. The Kier molecular flexibility index (Phi) is 6.53. The van der Waals surface area contributed by atoms with E-state index in [0.717, 1.165) is 0 Å². The van der Waals surface area contributed by atoms with E-state index in [1.807, 2.05) is 6.92 Å². The largest absolute Gasteiger partial charge is 0.490 e. The molecule has 9 heteroatoms. The Morgan fingerprint density at radius 2 is 1.83 bits per heavy atom. The van der Waals surface area contributed by atoms with Gasteiger partial charge in [0, 0.05) is 6.07 Å². The fourth-order valence-corrected chi connectivity index (χ4v) is 2.55. The van der Waals surface area contributed by atoms with Crippen LogP contribution in [-0.2, 0) is 9.59 Å². The maximum atomic E-state index is 12.7. The maximum absolute atomic E-state index is 12.7. The Bertz CT molecular complexity index is 1120. The number of aliphatic carboxylic acids is 1. The van der Waals surface area contributed by atoms with Crippen LogP contribution in [0.4, 0.5) is 0 Å². The van der Waals surface area contributed by atoms with E-state index in [2.05, 4.69) is 5.32 Å². The molecule has 2 aromatic carbocycles. The van der Waals surface area contributed by atoms with Gasteiger partial charge in [-0.15, -0.1) is 0 Å². The lowest BCUT2D eigenvalue weighted by molar-refractivity contribution is -0.138. The molecular weight excluding hydrogens is 394 g/mol. The van der Waals surface area contributed by atoms with E-state index in [-0.39, 0.29) is 34.5 Å². The number of hydrogen-bond donors (Lipinski definition) is 2. The molecule has 1 heterocycles. The van der Waals surface area contributed by atoms with Gasteiger partial charge in [-0.1, -0.05) is 12.1 Å². The van der Waals surface area contributed by atoms with Crippen LogP contribution in [0.2, 0.25) is 0 Å². The molecule has 0 saturated carbocycles. The number of fused-ring (bicyclic) bond motifs is 1. The number of ether oxygens (including phenoxy) is 3. The van der Waals surface area contributed by atoms with Crippen molar-refractivity contribution in [1.29, 1.82) is 0 Å². The van der Waals surface area contributed by atoms with E-state index in [4.69, 9.17) is 23.7 Å². The van der Waals surface area contributed by atoms with Gasteiger partial charge in [-0.3, -0.25) is 14.4 Å². The van der Waals surface area contributed by atoms with Gasteiger partial charge in [-0.2, -0.15) is 0 Å². The molecule has 0 radical (unpaired) electrons. The van der Waals surface area contributed by atoms with Gasteiger partial charge in [-0.25, -0.2) is 0 Å². The molecule has 0 bridgehead atoms. The first-order chi connectivity index (χ1) is 14.5. The van der Waals surface area contributed by atoms with Crippen LogP contribution in [-0.4, -0.2) is 36.7 Å². The Labute approximate surface area is 170 Å². The predicted molar refractivity (Wildman–Crippen MR) is 106 cm³/mol. The Balaban J connectivity index is 1.76. The molecule has 1 aromatic heterocycles. The van der Waals surface area contributed by atoms with E-state index >= 15 is 0 Å². The molecule has 0 unspecified atom stereocenters.